The smallest absolute Gasteiger partial charge is 0.175 e. The zero-order valence-electron chi connectivity index (χ0n) is 20.8. The number of rotatable bonds is 6. The van der Waals surface area contributed by atoms with Crippen molar-refractivity contribution in [2.75, 3.05) is 13.2 Å². The zero-order valence-corrected chi connectivity index (χ0v) is 20.8. The van der Waals surface area contributed by atoms with Gasteiger partial charge in [0.05, 0.1) is 18.9 Å². The van der Waals surface area contributed by atoms with Gasteiger partial charge in [0.15, 0.2) is 5.82 Å². The topological polar surface area (TPSA) is 85.2 Å². The van der Waals surface area contributed by atoms with E-state index in [1.807, 2.05) is 68.4 Å². The Hall–Kier alpha value is -4.78. The highest BCUT2D eigenvalue weighted by atomic mass is 16.5. The fourth-order valence-electron chi connectivity index (χ4n) is 4.07. The number of aromatic amines is 1. The van der Waals surface area contributed by atoms with Crippen molar-refractivity contribution < 1.29 is 14.7 Å². The molecule has 2 aliphatic heterocycles. The standard InChI is InChI=1S/C15H14N2O2.C15H14N2O/c1-2-19-13-7-5-11(6-8-13)14-10-12-4-3-9-17(18)15(12)16-14;1-2-18-13-7-5-11(6-8-13)14-10-12-4-3-9-16-15(12)17-14/h3-10,18H,2H2,1H3;3-10H,2H2,1H3,(H,16,17). The van der Waals surface area contributed by atoms with Crippen LogP contribution in [0.3, 0.4) is 0 Å². The molecule has 7 nitrogen and oxygen atoms in total. The van der Waals surface area contributed by atoms with E-state index in [-0.39, 0.29) is 0 Å². The Labute approximate surface area is 215 Å². The first-order valence-corrected chi connectivity index (χ1v) is 12.2. The Morgan fingerprint density at radius 3 is 2.08 bits per heavy atom. The number of benzene rings is 2. The molecule has 0 saturated heterocycles. The third-order valence-electron chi connectivity index (χ3n) is 5.83. The SMILES string of the molecule is CCOc1ccc(-c2cc3cccn(O)c-3n2)cc1.CCOc1ccc(-c2cc3cccnc3[nH]2)cc1. The van der Waals surface area contributed by atoms with Gasteiger partial charge >= 0.3 is 0 Å². The summed E-state index contributed by atoms with van der Waals surface area (Å²) in [7, 11) is 0. The van der Waals surface area contributed by atoms with E-state index in [1.165, 1.54) is 0 Å². The molecule has 2 N–H and O–H groups in total. The lowest BCUT2D eigenvalue weighted by molar-refractivity contribution is 0.187. The lowest BCUT2D eigenvalue weighted by Gasteiger charge is -2.03. The fraction of sp³-hybridized carbons (Fsp3) is 0.133. The molecule has 0 amide bonds. The summed E-state index contributed by atoms with van der Waals surface area (Å²) >= 11 is 0. The summed E-state index contributed by atoms with van der Waals surface area (Å²) in [4.78, 5) is 12.0. The zero-order chi connectivity index (χ0) is 25.6. The molecule has 0 spiro atoms. The Balaban J connectivity index is 0.000000152. The minimum atomic E-state index is 0.561. The lowest BCUT2D eigenvalue weighted by Crippen LogP contribution is -1.96. The van der Waals surface area contributed by atoms with Crippen LogP contribution in [0, 0.1) is 0 Å². The maximum absolute atomic E-state index is 9.68. The molecule has 2 aliphatic rings. The van der Waals surface area contributed by atoms with Crippen LogP contribution in [0.4, 0.5) is 0 Å². The van der Waals surface area contributed by atoms with Gasteiger partial charge in [0.25, 0.3) is 0 Å². The number of H-pyrrole nitrogens is 1. The normalized spacial score (nSPS) is 10.8. The summed E-state index contributed by atoms with van der Waals surface area (Å²) in [6, 6.07) is 27.6. The number of aromatic nitrogens is 4. The summed E-state index contributed by atoms with van der Waals surface area (Å²) in [5.74, 6) is 2.31. The molecule has 2 aromatic carbocycles. The van der Waals surface area contributed by atoms with Gasteiger partial charge in [-0.15, -0.1) is 0 Å². The molecule has 0 fully saturated rings. The van der Waals surface area contributed by atoms with E-state index in [9.17, 15) is 5.21 Å². The largest absolute Gasteiger partial charge is 0.494 e. The number of nitrogens with one attached hydrogen (secondary N) is 1. The third-order valence-corrected chi connectivity index (χ3v) is 5.83. The second-order valence-electron chi connectivity index (χ2n) is 8.31. The van der Waals surface area contributed by atoms with E-state index in [0.717, 1.165) is 55.3 Å². The first-order valence-electron chi connectivity index (χ1n) is 12.2. The van der Waals surface area contributed by atoms with Gasteiger partial charge in [-0.05, 0) is 104 Å². The monoisotopic (exact) mass is 492 g/mol. The van der Waals surface area contributed by atoms with Gasteiger partial charge in [-0.2, -0.15) is 4.73 Å². The third kappa shape index (κ3) is 5.41. The molecule has 6 rings (SSSR count). The molecule has 0 saturated carbocycles. The van der Waals surface area contributed by atoms with Crippen molar-refractivity contribution in [2.45, 2.75) is 13.8 Å². The minimum Gasteiger partial charge on any atom is -0.494 e. The molecule has 0 radical (unpaired) electrons. The van der Waals surface area contributed by atoms with Gasteiger partial charge in [0, 0.05) is 34.6 Å². The van der Waals surface area contributed by atoms with Crippen LogP contribution in [0.5, 0.6) is 11.5 Å². The summed E-state index contributed by atoms with van der Waals surface area (Å²) in [5, 5.41) is 10.8. The molecular weight excluding hydrogens is 464 g/mol. The average Bonchev–Trinajstić information content (AvgIpc) is 3.56. The maximum atomic E-state index is 9.68. The number of fused-ring (bicyclic) bond motifs is 2. The molecule has 0 bridgehead atoms. The first-order chi connectivity index (χ1) is 18.1. The number of hydrogen-bond donors (Lipinski definition) is 2. The van der Waals surface area contributed by atoms with Crippen molar-refractivity contribution in [2.24, 2.45) is 0 Å². The molecular formula is C30H28N4O3. The molecule has 186 valence electrons. The van der Waals surface area contributed by atoms with Crippen molar-refractivity contribution in [3.63, 3.8) is 0 Å². The number of ether oxygens (including phenoxy) is 2. The van der Waals surface area contributed by atoms with Gasteiger partial charge < -0.3 is 19.7 Å². The predicted octanol–water partition coefficient (Wildman–Crippen LogP) is 6.92. The minimum absolute atomic E-state index is 0.561. The van der Waals surface area contributed by atoms with Crippen molar-refractivity contribution in [3.8, 4) is 45.4 Å². The molecule has 0 unspecified atom stereocenters. The van der Waals surface area contributed by atoms with Crippen molar-refractivity contribution in [1.29, 1.82) is 0 Å². The van der Waals surface area contributed by atoms with E-state index in [2.05, 4.69) is 39.2 Å². The fourth-order valence-corrected chi connectivity index (χ4v) is 4.07. The molecule has 4 aromatic rings. The summed E-state index contributed by atoms with van der Waals surface area (Å²) in [6.45, 7) is 5.29. The highest BCUT2D eigenvalue weighted by molar-refractivity contribution is 5.82. The summed E-state index contributed by atoms with van der Waals surface area (Å²) in [5.41, 5.74) is 5.88. The van der Waals surface area contributed by atoms with Gasteiger partial charge in [-0.1, -0.05) is 0 Å². The van der Waals surface area contributed by atoms with Crippen LogP contribution >= 0.6 is 0 Å². The summed E-state index contributed by atoms with van der Waals surface area (Å²) in [6.07, 6.45) is 3.36. The highest BCUT2D eigenvalue weighted by Crippen LogP contribution is 2.29. The molecule has 4 heterocycles. The van der Waals surface area contributed by atoms with Gasteiger partial charge in [-0.3, -0.25) is 0 Å². The first kappa shape index (κ1) is 23.9. The molecule has 0 aliphatic carbocycles. The van der Waals surface area contributed by atoms with E-state index < -0.39 is 0 Å². The quantitative estimate of drug-likeness (QED) is 0.247. The number of hydrogen-bond acceptors (Lipinski definition) is 5. The maximum Gasteiger partial charge on any atom is 0.175 e. The molecule has 0 atom stereocenters. The van der Waals surface area contributed by atoms with Gasteiger partial charge in [-0.25, -0.2) is 9.97 Å². The van der Waals surface area contributed by atoms with Crippen LogP contribution in [0.15, 0.2) is 97.3 Å². The summed E-state index contributed by atoms with van der Waals surface area (Å²) < 4.78 is 11.9. The Bertz CT molecular complexity index is 1520. The van der Waals surface area contributed by atoms with E-state index in [0.29, 0.717) is 19.0 Å². The second kappa shape index (κ2) is 10.9. The Morgan fingerprint density at radius 1 is 0.784 bits per heavy atom. The van der Waals surface area contributed by atoms with Crippen LogP contribution in [-0.4, -0.2) is 38.1 Å². The van der Waals surface area contributed by atoms with Crippen LogP contribution in [-0.2, 0) is 0 Å². The Kier molecular flexibility index (Phi) is 7.03. The predicted molar refractivity (Wildman–Crippen MR) is 145 cm³/mol. The number of pyridine rings is 2. The molecule has 37 heavy (non-hydrogen) atoms. The van der Waals surface area contributed by atoms with E-state index in [1.54, 1.807) is 18.5 Å². The van der Waals surface area contributed by atoms with Crippen molar-refractivity contribution in [1.82, 2.24) is 19.7 Å². The van der Waals surface area contributed by atoms with E-state index >= 15 is 0 Å². The van der Waals surface area contributed by atoms with Gasteiger partial charge in [0.2, 0.25) is 0 Å². The highest BCUT2D eigenvalue weighted by Gasteiger charge is 2.12. The van der Waals surface area contributed by atoms with Gasteiger partial charge in [0.1, 0.15) is 17.1 Å². The van der Waals surface area contributed by atoms with Crippen molar-refractivity contribution in [3.05, 3.63) is 97.3 Å². The van der Waals surface area contributed by atoms with E-state index in [4.69, 9.17) is 9.47 Å². The van der Waals surface area contributed by atoms with Crippen LogP contribution in [0.2, 0.25) is 0 Å². The molecule has 2 aromatic heterocycles. The lowest BCUT2D eigenvalue weighted by atomic mass is 10.1. The van der Waals surface area contributed by atoms with Crippen LogP contribution in [0.1, 0.15) is 13.8 Å². The second-order valence-corrected chi connectivity index (χ2v) is 8.31. The Morgan fingerprint density at radius 2 is 1.46 bits per heavy atom. The number of nitrogens with zero attached hydrogens (tertiary/aromatic N) is 3. The average molecular weight is 493 g/mol. The van der Waals surface area contributed by atoms with Crippen LogP contribution in [0.25, 0.3) is 44.9 Å². The molecule has 7 heteroatoms. The van der Waals surface area contributed by atoms with Crippen molar-refractivity contribution >= 4 is 11.0 Å². The van der Waals surface area contributed by atoms with Crippen LogP contribution < -0.4 is 9.47 Å².